The molecule has 1 aliphatic heterocycles. The Morgan fingerprint density at radius 2 is 1.69 bits per heavy atom. The molecule has 4 N–H and O–H groups in total. The summed E-state index contributed by atoms with van der Waals surface area (Å²) in [5, 5.41) is 40.7. The molecule has 5 atom stereocenters. The van der Waals surface area contributed by atoms with Crippen LogP contribution in [0.3, 0.4) is 0 Å². The Balaban J connectivity index is 1.55. The Morgan fingerprint density at radius 3 is 2.44 bits per heavy atom. The molecule has 4 aromatic rings. The van der Waals surface area contributed by atoms with Gasteiger partial charge in [0.25, 0.3) is 0 Å². The van der Waals surface area contributed by atoms with Gasteiger partial charge in [-0.05, 0) is 30.3 Å². The average Bonchev–Trinajstić information content (AvgIpc) is 3.18. The molecule has 0 saturated carbocycles. The second-order valence-corrected chi connectivity index (χ2v) is 7.53. The Labute approximate surface area is 179 Å². The number of aliphatic hydroxyl groups is 4. The standard InChI is InChI=1S/C22H20O10/c1-28-9-3-5-13-12(6-9)16-20(30-13)11-4-2-10(7-14(11)31-21(16)27)29-22-19(26)18(25)17(24)15(8-23)32-22/h2-7,15,17-19,22-26H,8H2,1H3/t15-,17-,18+,19-,22-/m1/s1. The van der Waals surface area contributed by atoms with Crippen LogP contribution in [0.4, 0.5) is 0 Å². The molecule has 168 valence electrons. The van der Waals surface area contributed by atoms with E-state index in [-0.39, 0.29) is 16.7 Å². The first-order valence-electron chi connectivity index (χ1n) is 9.85. The van der Waals surface area contributed by atoms with Gasteiger partial charge in [-0.2, -0.15) is 0 Å². The van der Waals surface area contributed by atoms with Crippen molar-refractivity contribution in [1.82, 2.24) is 0 Å². The van der Waals surface area contributed by atoms with E-state index < -0.39 is 42.9 Å². The highest BCUT2D eigenvalue weighted by Gasteiger charge is 2.44. The zero-order chi connectivity index (χ0) is 22.6. The third-order valence-electron chi connectivity index (χ3n) is 5.60. The van der Waals surface area contributed by atoms with Crippen LogP contribution >= 0.6 is 0 Å². The van der Waals surface area contributed by atoms with Gasteiger partial charge < -0.3 is 43.5 Å². The van der Waals surface area contributed by atoms with Crippen LogP contribution in [0.1, 0.15) is 0 Å². The second-order valence-electron chi connectivity index (χ2n) is 7.53. The summed E-state index contributed by atoms with van der Waals surface area (Å²) in [4.78, 5) is 12.7. The van der Waals surface area contributed by atoms with Gasteiger partial charge in [-0.3, -0.25) is 0 Å². The van der Waals surface area contributed by atoms with Crippen LogP contribution in [0.25, 0.3) is 32.9 Å². The van der Waals surface area contributed by atoms with E-state index in [2.05, 4.69) is 0 Å². The molecule has 32 heavy (non-hydrogen) atoms. The zero-order valence-electron chi connectivity index (χ0n) is 16.8. The van der Waals surface area contributed by atoms with E-state index in [0.717, 1.165) is 0 Å². The van der Waals surface area contributed by atoms with Crippen molar-refractivity contribution in [2.75, 3.05) is 13.7 Å². The number of benzene rings is 2. The van der Waals surface area contributed by atoms with Gasteiger partial charge >= 0.3 is 5.63 Å². The lowest BCUT2D eigenvalue weighted by Crippen LogP contribution is -2.60. The molecule has 0 amide bonds. The van der Waals surface area contributed by atoms with Crippen LogP contribution in [-0.4, -0.2) is 64.8 Å². The largest absolute Gasteiger partial charge is 0.497 e. The van der Waals surface area contributed by atoms with Crippen LogP contribution in [0, 0.1) is 0 Å². The van der Waals surface area contributed by atoms with Crippen LogP contribution < -0.4 is 15.1 Å². The van der Waals surface area contributed by atoms with Crippen molar-refractivity contribution < 1.29 is 43.5 Å². The van der Waals surface area contributed by atoms with E-state index in [4.69, 9.17) is 23.0 Å². The molecule has 3 heterocycles. The van der Waals surface area contributed by atoms with Crippen molar-refractivity contribution in [2.45, 2.75) is 30.7 Å². The van der Waals surface area contributed by atoms with E-state index in [0.29, 0.717) is 27.7 Å². The van der Waals surface area contributed by atoms with Gasteiger partial charge in [0.2, 0.25) is 6.29 Å². The molecule has 0 radical (unpaired) electrons. The van der Waals surface area contributed by atoms with Gasteiger partial charge in [0.05, 0.1) is 19.1 Å². The minimum absolute atomic E-state index is 0.169. The summed E-state index contributed by atoms with van der Waals surface area (Å²) in [5.74, 6) is 0.741. The fourth-order valence-corrected chi connectivity index (χ4v) is 3.89. The molecular formula is C22H20O10. The molecule has 10 nitrogen and oxygen atoms in total. The topological polar surface area (TPSA) is 152 Å². The van der Waals surface area contributed by atoms with Crippen LogP contribution in [0.15, 0.2) is 50.0 Å². The molecule has 2 aromatic heterocycles. The SMILES string of the molecule is COc1ccc2oc3c4ccc(O[C@@H]5O[C@H](CO)[C@@H](O)[C@H](O)[C@H]5O)cc4oc(=O)c3c2c1. The zero-order valence-corrected chi connectivity index (χ0v) is 16.8. The quantitative estimate of drug-likeness (QED) is 0.334. The molecule has 1 fully saturated rings. The van der Waals surface area contributed by atoms with Gasteiger partial charge in [0.1, 0.15) is 52.5 Å². The third-order valence-corrected chi connectivity index (χ3v) is 5.60. The minimum Gasteiger partial charge on any atom is -0.497 e. The minimum atomic E-state index is -1.57. The van der Waals surface area contributed by atoms with E-state index in [1.165, 1.54) is 13.2 Å². The van der Waals surface area contributed by atoms with E-state index in [1.54, 1.807) is 30.3 Å². The van der Waals surface area contributed by atoms with Crippen LogP contribution in [-0.2, 0) is 4.74 Å². The summed E-state index contributed by atoms with van der Waals surface area (Å²) >= 11 is 0. The third kappa shape index (κ3) is 3.20. The molecular weight excluding hydrogens is 424 g/mol. The van der Waals surface area contributed by atoms with Gasteiger partial charge in [-0.25, -0.2) is 4.79 Å². The number of furan rings is 1. The fraction of sp³-hybridized carbons (Fsp3) is 0.318. The number of hydrogen-bond donors (Lipinski definition) is 4. The van der Waals surface area contributed by atoms with E-state index >= 15 is 0 Å². The second kappa shape index (κ2) is 7.76. The Hall–Kier alpha value is -3.15. The Morgan fingerprint density at radius 1 is 0.906 bits per heavy atom. The van der Waals surface area contributed by atoms with E-state index in [1.807, 2.05) is 0 Å². The molecule has 0 unspecified atom stereocenters. The van der Waals surface area contributed by atoms with E-state index in [9.17, 15) is 25.2 Å². The summed E-state index contributed by atoms with van der Waals surface area (Å²) in [5.41, 5.74) is 0.418. The average molecular weight is 444 g/mol. The van der Waals surface area contributed by atoms with Crippen molar-refractivity contribution in [2.24, 2.45) is 0 Å². The van der Waals surface area contributed by atoms with Gasteiger partial charge in [-0.15, -0.1) is 0 Å². The van der Waals surface area contributed by atoms with Crippen molar-refractivity contribution in [3.63, 3.8) is 0 Å². The summed E-state index contributed by atoms with van der Waals surface area (Å²) < 4.78 is 27.6. The maximum absolute atomic E-state index is 12.7. The lowest BCUT2D eigenvalue weighted by atomic mass is 9.99. The molecule has 0 aliphatic carbocycles. The molecule has 0 spiro atoms. The highest BCUT2D eigenvalue weighted by atomic mass is 16.7. The summed E-state index contributed by atoms with van der Waals surface area (Å²) in [6.07, 6.45) is -7.11. The number of fused-ring (bicyclic) bond motifs is 5. The van der Waals surface area contributed by atoms with Gasteiger partial charge in [0, 0.05) is 11.5 Å². The maximum atomic E-state index is 12.7. The summed E-state index contributed by atoms with van der Waals surface area (Å²) in [6.45, 7) is -0.577. The van der Waals surface area contributed by atoms with Crippen molar-refractivity contribution in [3.05, 3.63) is 46.8 Å². The fourth-order valence-electron chi connectivity index (χ4n) is 3.89. The Bertz CT molecular complexity index is 1350. The maximum Gasteiger partial charge on any atom is 0.348 e. The predicted molar refractivity (Wildman–Crippen MR) is 111 cm³/mol. The van der Waals surface area contributed by atoms with Crippen LogP contribution in [0.5, 0.6) is 11.5 Å². The predicted octanol–water partition coefficient (Wildman–Crippen LogP) is 0.880. The molecule has 10 heteroatoms. The number of rotatable bonds is 4. The number of hydrogen-bond acceptors (Lipinski definition) is 10. The molecule has 1 saturated heterocycles. The number of methoxy groups -OCH3 is 1. The monoisotopic (exact) mass is 444 g/mol. The molecule has 0 bridgehead atoms. The van der Waals surface area contributed by atoms with Crippen LogP contribution in [0.2, 0.25) is 0 Å². The van der Waals surface area contributed by atoms with Crippen molar-refractivity contribution in [1.29, 1.82) is 0 Å². The smallest absolute Gasteiger partial charge is 0.348 e. The lowest BCUT2D eigenvalue weighted by Gasteiger charge is -2.39. The molecule has 1 aliphatic rings. The lowest BCUT2D eigenvalue weighted by molar-refractivity contribution is -0.277. The number of aliphatic hydroxyl groups excluding tert-OH is 4. The molecule has 2 aromatic carbocycles. The summed E-state index contributed by atoms with van der Waals surface area (Å²) in [6, 6.07) is 9.72. The van der Waals surface area contributed by atoms with Crippen molar-refractivity contribution in [3.8, 4) is 11.5 Å². The van der Waals surface area contributed by atoms with Crippen molar-refractivity contribution >= 4 is 32.9 Å². The first kappa shape index (κ1) is 20.7. The van der Waals surface area contributed by atoms with Gasteiger partial charge in [0.15, 0.2) is 5.58 Å². The normalized spacial score (nSPS) is 26.1. The van der Waals surface area contributed by atoms with Gasteiger partial charge in [-0.1, -0.05) is 0 Å². The first-order chi connectivity index (χ1) is 15.4. The summed E-state index contributed by atoms with van der Waals surface area (Å²) in [7, 11) is 1.53. The highest BCUT2D eigenvalue weighted by molar-refractivity contribution is 6.13. The molecule has 5 rings (SSSR count). The first-order valence-corrected chi connectivity index (χ1v) is 9.85. The highest BCUT2D eigenvalue weighted by Crippen LogP contribution is 2.35. The Kier molecular flexibility index (Phi) is 5.03. The number of ether oxygens (including phenoxy) is 3.